The molecule has 2 aromatic rings. The van der Waals surface area contributed by atoms with E-state index in [1.807, 2.05) is 48.5 Å². The Bertz CT molecular complexity index is 695. The Labute approximate surface area is 144 Å². The Morgan fingerprint density at radius 2 is 1.42 bits per heavy atom. The van der Waals surface area contributed by atoms with Crippen molar-refractivity contribution in [3.8, 4) is 0 Å². The summed E-state index contributed by atoms with van der Waals surface area (Å²) >= 11 is 0. The van der Waals surface area contributed by atoms with Crippen LogP contribution in [-0.2, 0) is 14.3 Å². The van der Waals surface area contributed by atoms with Gasteiger partial charge in [0.15, 0.2) is 0 Å². The third-order valence-corrected chi connectivity index (χ3v) is 8.72. The van der Waals surface area contributed by atoms with Crippen LogP contribution in [-0.4, -0.2) is 26.9 Å². The Balaban J connectivity index is 2.63. The number of carbonyl (C=O) groups is 2. The van der Waals surface area contributed by atoms with E-state index in [1.165, 1.54) is 19.2 Å². The summed E-state index contributed by atoms with van der Waals surface area (Å²) in [5.74, 6) is -1.38. The summed E-state index contributed by atoms with van der Waals surface area (Å²) < 4.78 is 4.97. The van der Waals surface area contributed by atoms with Crippen molar-refractivity contribution in [2.75, 3.05) is 7.11 Å². The number of ether oxygens (including phenoxy) is 1. The molecule has 0 saturated carbocycles. The fraction of sp³-hybridized carbons (Fsp3) is 0.300. The minimum absolute atomic E-state index is 0.146. The van der Waals surface area contributed by atoms with Gasteiger partial charge in [0.1, 0.15) is 11.7 Å². The molecule has 0 bridgehead atoms. The maximum Gasteiger partial charge on any atom is 0.316 e. The van der Waals surface area contributed by atoms with Crippen LogP contribution in [0, 0.1) is 5.92 Å². The molecule has 0 aromatic heterocycles. The second-order valence-corrected chi connectivity index (χ2v) is 11.2. The summed E-state index contributed by atoms with van der Waals surface area (Å²) in [6.07, 6.45) is 0. The van der Waals surface area contributed by atoms with Gasteiger partial charge in [-0.1, -0.05) is 78.9 Å². The first-order valence-corrected chi connectivity index (χ1v) is 11.2. The molecule has 2 atom stereocenters. The van der Waals surface area contributed by atoms with E-state index in [0.29, 0.717) is 0 Å². The average Bonchev–Trinajstić information content (AvgIpc) is 2.60. The minimum Gasteiger partial charge on any atom is -0.468 e. The van der Waals surface area contributed by atoms with Gasteiger partial charge < -0.3 is 4.74 Å². The smallest absolute Gasteiger partial charge is 0.316 e. The van der Waals surface area contributed by atoms with Gasteiger partial charge in [-0.25, -0.2) is 0 Å². The molecule has 0 unspecified atom stereocenters. The molecule has 2 aromatic carbocycles. The van der Waals surface area contributed by atoms with Crippen LogP contribution in [0.1, 0.15) is 18.0 Å². The van der Waals surface area contributed by atoms with Crippen molar-refractivity contribution in [2.24, 2.45) is 5.92 Å². The van der Waals surface area contributed by atoms with E-state index in [9.17, 15) is 9.59 Å². The van der Waals surface area contributed by atoms with E-state index >= 15 is 0 Å². The molecule has 0 N–H and O–H groups in total. The third-order valence-electron chi connectivity index (χ3n) is 4.68. The first-order valence-electron chi connectivity index (χ1n) is 8.08. The number of carbonyl (C=O) groups excluding carboxylic acids is 2. The molecule has 0 spiro atoms. The number of ketones is 1. The molecule has 0 aliphatic rings. The van der Waals surface area contributed by atoms with Crippen LogP contribution in [0.25, 0.3) is 0 Å². The Morgan fingerprint density at radius 3 is 1.88 bits per heavy atom. The molecule has 0 fully saturated rings. The van der Waals surface area contributed by atoms with E-state index in [4.69, 9.17) is 4.74 Å². The molecule has 0 aliphatic carbocycles. The second-order valence-electron chi connectivity index (χ2n) is 6.59. The lowest BCUT2D eigenvalue weighted by Crippen LogP contribution is -2.53. The van der Waals surface area contributed by atoms with Crippen LogP contribution < -0.4 is 5.19 Å². The first-order chi connectivity index (χ1) is 11.4. The number of hydrogen-bond acceptors (Lipinski definition) is 3. The molecule has 0 amide bonds. The maximum atomic E-state index is 12.4. The number of benzene rings is 2. The Kier molecular flexibility index (Phi) is 5.73. The minimum atomic E-state index is -2.18. The van der Waals surface area contributed by atoms with Gasteiger partial charge in [0.05, 0.1) is 15.2 Å². The van der Waals surface area contributed by atoms with Crippen molar-refractivity contribution in [1.29, 1.82) is 0 Å². The Hall–Kier alpha value is -2.20. The van der Waals surface area contributed by atoms with Crippen molar-refractivity contribution >= 4 is 25.0 Å². The van der Waals surface area contributed by atoms with Gasteiger partial charge in [-0.2, -0.15) is 0 Å². The summed E-state index contributed by atoms with van der Waals surface area (Å²) in [6, 6.07) is 20.0. The Morgan fingerprint density at radius 1 is 0.917 bits per heavy atom. The van der Waals surface area contributed by atoms with Gasteiger partial charge in [-0.05, 0) is 12.5 Å². The van der Waals surface area contributed by atoms with Crippen molar-refractivity contribution in [3.05, 3.63) is 66.2 Å². The fourth-order valence-corrected chi connectivity index (χ4v) is 7.04. The highest BCUT2D eigenvalue weighted by Gasteiger charge is 2.45. The summed E-state index contributed by atoms with van der Waals surface area (Å²) in [5.41, 5.74) is 0.842. The lowest BCUT2D eigenvalue weighted by Gasteiger charge is -2.37. The fourth-order valence-electron chi connectivity index (χ4n) is 3.40. The number of Topliss-reactive ketones (excluding diaryl/α,β-unsaturated/α-hetero) is 1. The highest BCUT2D eigenvalue weighted by Crippen LogP contribution is 2.35. The van der Waals surface area contributed by atoms with E-state index in [1.54, 1.807) is 0 Å². The van der Waals surface area contributed by atoms with E-state index < -0.39 is 20.0 Å². The third kappa shape index (κ3) is 3.65. The van der Waals surface area contributed by atoms with Crippen molar-refractivity contribution in [2.45, 2.75) is 25.6 Å². The van der Waals surface area contributed by atoms with Gasteiger partial charge in [0.2, 0.25) is 0 Å². The standard InChI is InChI=1S/C20H24O3Si/c1-15(21)18(20(22)23-2)19(16-11-7-5-8-12-16)24(3,4)17-13-9-6-10-14-17/h5-14,18-19H,1-4H3/t18-,19-/m0/s1. The zero-order valence-electron chi connectivity index (χ0n) is 14.7. The number of rotatable bonds is 6. The SMILES string of the molecule is COC(=O)[C@@H](C(C)=O)[C@H](c1ccccc1)[Si](C)(C)c1ccccc1. The molecule has 0 radical (unpaired) electrons. The summed E-state index contributed by atoms with van der Waals surface area (Å²) in [7, 11) is -0.832. The second kappa shape index (κ2) is 7.58. The topological polar surface area (TPSA) is 43.4 Å². The van der Waals surface area contributed by atoms with Crippen LogP contribution in [0.15, 0.2) is 60.7 Å². The first kappa shape index (κ1) is 18.1. The van der Waals surface area contributed by atoms with Crippen molar-refractivity contribution in [3.63, 3.8) is 0 Å². The summed E-state index contributed by atoms with van der Waals surface area (Å²) in [5, 5.41) is 1.22. The normalized spacial score (nSPS) is 13.8. The monoisotopic (exact) mass is 340 g/mol. The van der Waals surface area contributed by atoms with Crippen LogP contribution in [0.3, 0.4) is 0 Å². The van der Waals surface area contributed by atoms with Crippen LogP contribution in [0.5, 0.6) is 0 Å². The molecule has 24 heavy (non-hydrogen) atoms. The predicted molar refractivity (Wildman–Crippen MR) is 98.9 cm³/mol. The van der Waals surface area contributed by atoms with Gasteiger partial charge >= 0.3 is 5.97 Å². The molecule has 0 heterocycles. The molecule has 2 rings (SSSR count). The van der Waals surface area contributed by atoms with Crippen LogP contribution in [0.4, 0.5) is 0 Å². The lowest BCUT2D eigenvalue weighted by molar-refractivity contribution is -0.149. The van der Waals surface area contributed by atoms with Gasteiger partial charge in [-0.3, -0.25) is 9.59 Å². The predicted octanol–water partition coefficient (Wildman–Crippen LogP) is 3.30. The van der Waals surface area contributed by atoms with Crippen LogP contribution in [0.2, 0.25) is 13.1 Å². The zero-order chi connectivity index (χ0) is 17.7. The van der Waals surface area contributed by atoms with Crippen molar-refractivity contribution in [1.82, 2.24) is 0 Å². The largest absolute Gasteiger partial charge is 0.468 e. The number of esters is 1. The quantitative estimate of drug-likeness (QED) is 0.460. The summed E-state index contributed by atoms with van der Waals surface area (Å²) in [4.78, 5) is 24.8. The molecule has 126 valence electrons. The lowest BCUT2D eigenvalue weighted by atomic mass is 9.95. The molecule has 4 heteroatoms. The van der Waals surface area contributed by atoms with E-state index in [0.717, 1.165) is 5.56 Å². The molecule has 0 aliphatic heterocycles. The molecule has 0 saturated heterocycles. The zero-order valence-corrected chi connectivity index (χ0v) is 15.7. The summed E-state index contributed by atoms with van der Waals surface area (Å²) in [6.45, 7) is 5.89. The van der Waals surface area contributed by atoms with Crippen LogP contribution >= 0.6 is 0 Å². The maximum absolute atomic E-state index is 12.4. The van der Waals surface area contributed by atoms with E-state index in [-0.39, 0.29) is 11.3 Å². The number of hydrogen-bond donors (Lipinski definition) is 0. The van der Waals surface area contributed by atoms with Gasteiger partial charge in [0, 0.05) is 5.54 Å². The molecular formula is C20H24O3Si. The highest BCUT2D eigenvalue weighted by atomic mass is 28.3. The molecular weight excluding hydrogens is 316 g/mol. The molecule has 3 nitrogen and oxygen atoms in total. The van der Waals surface area contributed by atoms with Gasteiger partial charge in [0.25, 0.3) is 0 Å². The van der Waals surface area contributed by atoms with Crippen molar-refractivity contribution < 1.29 is 14.3 Å². The van der Waals surface area contributed by atoms with E-state index in [2.05, 4.69) is 25.2 Å². The number of methoxy groups -OCH3 is 1. The average molecular weight is 340 g/mol. The highest BCUT2D eigenvalue weighted by molar-refractivity contribution is 6.91. The van der Waals surface area contributed by atoms with Gasteiger partial charge in [-0.15, -0.1) is 0 Å².